The molecular weight excluding hydrogens is 243 g/mol. The lowest BCUT2D eigenvalue weighted by atomic mass is 10.1. The van der Waals surface area contributed by atoms with Gasteiger partial charge in [0.25, 0.3) is 5.91 Å². The molecule has 1 N–H and O–H groups in total. The Morgan fingerprint density at radius 2 is 2.18 bits per heavy atom. The van der Waals surface area contributed by atoms with Crippen molar-refractivity contribution in [2.45, 2.75) is 12.5 Å². The lowest BCUT2D eigenvalue weighted by molar-refractivity contribution is 0.0739. The number of halogens is 2. The first-order chi connectivity index (χ1) is 7.70. The maximum atomic E-state index is 13.4. The van der Waals surface area contributed by atoms with Gasteiger partial charge in [0.05, 0.1) is 5.56 Å². The number of hydrogen-bond donors (Lipinski definition) is 1. The zero-order chi connectivity index (χ0) is 11.5. The van der Waals surface area contributed by atoms with E-state index >= 15 is 0 Å². The second-order valence-electron chi connectivity index (χ2n) is 4.04. The van der Waals surface area contributed by atoms with Crippen LogP contribution in [0.15, 0.2) is 24.3 Å². The van der Waals surface area contributed by atoms with Crippen LogP contribution in [0.3, 0.4) is 0 Å². The van der Waals surface area contributed by atoms with E-state index in [1.165, 1.54) is 12.1 Å². The van der Waals surface area contributed by atoms with Gasteiger partial charge in [-0.3, -0.25) is 4.79 Å². The molecule has 2 rings (SSSR count). The number of carbonyl (C=O) groups is 1. The summed E-state index contributed by atoms with van der Waals surface area (Å²) in [6.07, 6.45) is 0.927. The van der Waals surface area contributed by atoms with E-state index in [0.717, 1.165) is 19.5 Å². The minimum atomic E-state index is -0.453. The van der Waals surface area contributed by atoms with E-state index in [1.54, 1.807) is 24.1 Å². The summed E-state index contributed by atoms with van der Waals surface area (Å²) in [5.74, 6) is -0.697. The molecule has 1 aliphatic heterocycles. The number of benzene rings is 1. The van der Waals surface area contributed by atoms with Gasteiger partial charge in [0.15, 0.2) is 0 Å². The highest BCUT2D eigenvalue weighted by Gasteiger charge is 2.25. The normalized spacial score (nSPS) is 18.6. The van der Waals surface area contributed by atoms with Crippen molar-refractivity contribution in [1.29, 1.82) is 0 Å². The third-order valence-corrected chi connectivity index (χ3v) is 3.01. The van der Waals surface area contributed by atoms with Gasteiger partial charge in [-0.25, -0.2) is 4.39 Å². The molecule has 1 amide bonds. The molecule has 1 aromatic rings. The van der Waals surface area contributed by atoms with Gasteiger partial charge in [0, 0.05) is 19.6 Å². The predicted molar refractivity (Wildman–Crippen MR) is 67.0 cm³/mol. The number of hydrogen-bond acceptors (Lipinski definition) is 2. The number of nitrogens with zero attached hydrogens (tertiary/aromatic N) is 1. The van der Waals surface area contributed by atoms with Gasteiger partial charge < -0.3 is 10.2 Å². The molecule has 0 unspecified atom stereocenters. The zero-order valence-electron chi connectivity index (χ0n) is 9.65. The number of rotatable bonds is 2. The fourth-order valence-electron chi connectivity index (χ4n) is 1.96. The largest absolute Gasteiger partial charge is 0.337 e. The van der Waals surface area contributed by atoms with Crippen LogP contribution in [0.4, 0.5) is 4.39 Å². The average Bonchev–Trinajstić information content (AvgIpc) is 2.81. The third-order valence-electron chi connectivity index (χ3n) is 3.01. The summed E-state index contributed by atoms with van der Waals surface area (Å²) in [7, 11) is 1.73. The topological polar surface area (TPSA) is 32.3 Å². The first-order valence-corrected chi connectivity index (χ1v) is 5.42. The summed E-state index contributed by atoms with van der Waals surface area (Å²) in [5.41, 5.74) is 0.150. The molecular formula is C12H16ClFN2O. The average molecular weight is 259 g/mol. The molecule has 17 heavy (non-hydrogen) atoms. The highest BCUT2D eigenvalue weighted by molar-refractivity contribution is 5.94. The SMILES string of the molecule is CN(C(=O)c1ccccc1F)[C@H]1CCNC1.Cl. The van der Waals surface area contributed by atoms with Gasteiger partial charge in [-0.15, -0.1) is 12.4 Å². The molecule has 1 aliphatic rings. The first kappa shape index (κ1) is 13.9. The van der Waals surface area contributed by atoms with E-state index in [1.807, 2.05) is 0 Å². The Morgan fingerprint density at radius 3 is 2.76 bits per heavy atom. The quantitative estimate of drug-likeness (QED) is 0.876. The summed E-state index contributed by atoms with van der Waals surface area (Å²) >= 11 is 0. The molecule has 0 bridgehead atoms. The number of amides is 1. The lowest BCUT2D eigenvalue weighted by Gasteiger charge is -2.23. The van der Waals surface area contributed by atoms with Gasteiger partial charge in [-0.1, -0.05) is 12.1 Å². The summed E-state index contributed by atoms with van der Waals surface area (Å²) < 4.78 is 13.4. The Bertz CT molecular complexity index is 394. The summed E-state index contributed by atoms with van der Waals surface area (Å²) in [5, 5.41) is 3.19. The van der Waals surface area contributed by atoms with Crippen molar-refractivity contribution >= 4 is 18.3 Å². The second kappa shape index (κ2) is 5.98. The van der Waals surface area contributed by atoms with Crippen molar-refractivity contribution in [3.8, 4) is 0 Å². The van der Waals surface area contributed by atoms with Crippen LogP contribution in [-0.2, 0) is 0 Å². The highest BCUT2D eigenvalue weighted by atomic mass is 35.5. The fraction of sp³-hybridized carbons (Fsp3) is 0.417. The summed E-state index contributed by atoms with van der Waals surface area (Å²) in [6, 6.07) is 6.28. The molecule has 1 aromatic carbocycles. The van der Waals surface area contributed by atoms with Crippen LogP contribution < -0.4 is 5.32 Å². The van der Waals surface area contributed by atoms with Crippen LogP contribution in [-0.4, -0.2) is 37.0 Å². The minimum absolute atomic E-state index is 0. The van der Waals surface area contributed by atoms with Crippen molar-refractivity contribution < 1.29 is 9.18 Å². The van der Waals surface area contributed by atoms with Crippen molar-refractivity contribution in [1.82, 2.24) is 10.2 Å². The van der Waals surface area contributed by atoms with Crippen LogP contribution in [0.1, 0.15) is 16.8 Å². The number of likely N-dealkylation sites (N-methyl/N-ethyl adjacent to an activating group) is 1. The van der Waals surface area contributed by atoms with E-state index in [9.17, 15) is 9.18 Å². The second-order valence-corrected chi connectivity index (χ2v) is 4.04. The van der Waals surface area contributed by atoms with E-state index in [0.29, 0.717) is 0 Å². The monoisotopic (exact) mass is 258 g/mol. The summed E-state index contributed by atoms with van der Waals surface area (Å²) in [4.78, 5) is 13.6. The Morgan fingerprint density at radius 1 is 1.47 bits per heavy atom. The molecule has 1 heterocycles. The molecule has 0 aromatic heterocycles. The third kappa shape index (κ3) is 2.96. The van der Waals surface area contributed by atoms with Gasteiger partial charge in [-0.2, -0.15) is 0 Å². The van der Waals surface area contributed by atoms with Crippen LogP contribution in [0.5, 0.6) is 0 Å². The van der Waals surface area contributed by atoms with Crippen molar-refractivity contribution in [3.05, 3.63) is 35.6 Å². The molecule has 0 radical (unpaired) electrons. The lowest BCUT2D eigenvalue weighted by Crippen LogP contribution is -2.38. The molecule has 3 nitrogen and oxygen atoms in total. The predicted octanol–water partition coefficient (Wildman–Crippen LogP) is 1.68. The van der Waals surface area contributed by atoms with E-state index in [2.05, 4.69) is 5.32 Å². The van der Waals surface area contributed by atoms with E-state index < -0.39 is 5.82 Å². The molecule has 1 saturated heterocycles. The van der Waals surface area contributed by atoms with Gasteiger partial charge in [0.2, 0.25) is 0 Å². The maximum absolute atomic E-state index is 13.4. The first-order valence-electron chi connectivity index (χ1n) is 5.42. The molecule has 0 aliphatic carbocycles. The Hall–Kier alpha value is -1.13. The standard InChI is InChI=1S/C12H15FN2O.ClH/c1-15(9-6-7-14-8-9)12(16)10-4-2-3-5-11(10)13;/h2-5,9,14H,6-8H2,1H3;1H/t9-;/m0./s1. The Labute approximate surface area is 106 Å². The number of nitrogens with one attached hydrogen (secondary N) is 1. The molecule has 1 atom stereocenters. The van der Waals surface area contributed by atoms with Crippen LogP contribution in [0.25, 0.3) is 0 Å². The van der Waals surface area contributed by atoms with Crippen molar-refractivity contribution in [2.75, 3.05) is 20.1 Å². The highest BCUT2D eigenvalue weighted by Crippen LogP contribution is 2.13. The Balaban J connectivity index is 0.00000144. The molecule has 0 saturated carbocycles. The van der Waals surface area contributed by atoms with Crippen LogP contribution in [0.2, 0.25) is 0 Å². The van der Waals surface area contributed by atoms with E-state index in [-0.39, 0.29) is 29.9 Å². The summed E-state index contributed by atoms with van der Waals surface area (Å²) in [6.45, 7) is 1.70. The molecule has 94 valence electrons. The smallest absolute Gasteiger partial charge is 0.256 e. The van der Waals surface area contributed by atoms with Crippen LogP contribution in [0, 0.1) is 5.82 Å². The fourth-order valence-corrected chi connectivity index (χ4v) is 1.96. The van der Waals surface area contributed by atoms with Gasteiger partial charge in [-0.05, 0) is 25.1 Å². The van der Waals surface area contributed by atoms with Crippen LogP contribution >= 0.6 is 12.4 Å². The van der Waals surface area contributed by atoms with E-state index in [4.69, 9.17) is 0 Å². The minimum Gasteiger partial charge on any atom is -0.337 e. The molecule has 1 fully saturated rings. The molecule has 0 spiro atoms. The van der Waals surface area contributed by atoms with Crippen molar-refractivity contribution in [2.24, 2.45) is 0 Å². The van der Waals surface area contributed by atoms with Crippen molar-refractivity contribution in [3.63, 3.8) is 0 Å². The van der Waals surface area contributed by atoms with Gasteiger partial charge >= 0.3 is 0 Å². The molecule has 5 heteroatoms. The zero-order valence-corrected chi connectivity index (χ0v) is 10.5. The van der Waals surface area contributed by atoms with Gasteiger partial charge in [0.1, 0.15) is 5.82 Å². The number of carbonyl (C=O) groups excluding carboxylic acids is 1. The maximum Gasteiger partial charge on any atom is 0.256 e. The Kier molecular flexibility index (Phi) is 4.90.